The van der Waals surface area contributed by atoms with Crippen molar-refractivity contribution in [3.8, 4) is 0 Å². The van der Waals surface area contributed by atoms with Crippen LogP contribution in [0.1, 0.15) is 91.9 Å². The minimum absolute atomic E-state index is 0.00739. The van der Waals surface area contributed by atoms with Gasteiger partial charge in [0.2, 0.25) is 0 Å². The first-order valence-electron chi connectivity index (χ1n) is 11.7. The molecule has 156 valence electrons. The lowest BCUT2D eigenvalue weighted by Crippen LogP contribution is -2.54. The molecule has 7 atom stereocenters. The van der Waals surface area contributed by atoms with Crippen LogP contribution in [-0.4, -0.2) is 17.9 Å². The summed E-state index contributed by atoms with van der Waals surface area (Å²) in [6.45, 7) is 8.69. The zero-order valence-electron chi connectivity index (χ0n) is 18.3. The number of allylic oxidation sites excluding steroid dienone is 2. The fraction of sp³-hybridized carbons (Fsp3) is 0.840. The molecule has 28 heavy (non-hydrogen) atoms. The molecule has 0 amide bonds. The van der Waals surface area contributed by atoms with Gasteiger partial charge in [-0.15, -0.1) is 0 Å². The summed E-state index contributed by atoms with van der Waals surface area (Å²) in [5.74, 6) is 3.16. The second-order valence-corrected chi connectivity index (χ2v) is 10.7. The van der Waals surface area contributed by atoms with E-state index in [4.69, 9.17) is 4.74 Å². The Balaban J connectivity index is 1.48. The van der Waals surface area contributed by atoms with Gasteiger partial charge >= 0.3 is 5.97 Å². The van der Waals surface area contributed by atoms with Gasteiger partial charge in [0.05, 0.1) is 0 Å². The molecule has 3 fully saturated rings. The summed E-state index contributed by atoms with van der Waals surface area (Å²) >= 11 is 0. The molecule has 0 aliphatic heterocycles. The normalized spacial score (nSPS) is 44.7. The third kappa shape index (κ3) is 3.08. The summed E-state index contributed by atoms with van der Waals surface area (Å²) in [5, 5.41) is 0. The molecule has 0 radical (unpaired) electrons. The Morgan fingerprint density at radius 2 is 1.89 bits per heavy atom. The monoisotopic (exact) mass is 386 g/mol. The number of ketones is 1. The van der Waals surface area contributed by atoms with E-state index in [1.807, 2.05) is 6.92 Å². The van der Waals surface area contributed by atoms with Gasteiger partial charge in [0.15, 0.2) is 5.78 Å². The number of hydrogen-bond donors (Lipinski definition) is 0. The Bertz CT molecular complexity index is 679. The number of hydrogen-bond acceptors (Lipinski definition) is 3. The quantitative estimate of drug-likeness (QED) is 0.568. The van der Waals surface area contributed by atoms with Crippen molar-refractivity contribution in [2.24, 2.45) is 34.5 Å². The van der Waals surface area contributed by atoms with Crippen LogP contribution in [0, 0.1) is 34.5 Å². The lowest BCUT2D eigenvalue weighted by molar-refractivity contribution is -0.161. The van der Waals surface area contributed by atoms with E-state index in [0.717, 1.165) is 43.1 Å². The van der Waals surface area contributed by atoms with Gasteiger partial charge < -0.3 is 4.74 Å². The van der Waals surface area contributed by atoms with E-state index in [0.29, 0.717) is 23.7 Å². The molecular weight excluding hydrogens is 348 g/mol. The molecule has 4 aliphatic carbocycles. The molecule has 0 aromatic heterocycles. The van der Waals surface area contributed by atoms with Gasteiger partial charge in [0.1, 0.15) is 6.10 Å². The van der Waals surface area contributed by atoms with Crippen molar-refractivity contribution in [1.29, 1.82) is 0 Å². The highest BCUT2D eigenvalue weighted by atomic mass is 16.5. The van der Waals surface area contributed by atoms with Gasteiger partial charge in [-0.2, -0.15) is 0 Å². The largest absolute Gasteiger partial charge is 0.462 e. The predicted octanol–water partition coefficient (Wildman–Crippen LogP) is 5.87. The lowest BCUT2D eigenvalue weighted by atomic mass is 9.44. The van der Waals surface area contributed by atoms with Crippen LogP contribution >= 0.6 is 0 Å². The Kier molecular flexibility index (Phi) is 5.25. The van der Waals surface area contributed by atoms with E-state index in [2.05, 4.69) is 19.9 Å². The minimum atomic E-state index is -0.00739. The molecule has 4 aliphatic rings. The lowest BCUT2D eigenvalue weighted by Gasteiger charge is -2.60. The number of rotatable bonds is 4. The van der Waals surface area contributed by atoms with Crippen molar-refractivity contribution in [1.82, 2.24) is 0 Å². The smallest absolute Gasteiger partial charge is 0.306 e. The average molecular weight is 387 g/mol. The van der Waals surface area contributed by atoms with E-state index in [9.17, 15) is 9.59 Å². The summed E-state index contributed by atoms with van der Waals surface area (Å²) in [6, 6.07) is 0. The zero-order chi connectivity index (χ0) is 20.1. The van der Waals surface area contributed by atoms with E-state index in [1.54, 1.807) is 6.92 Å². The molecule has 0 aromatic carbocycles. The van der Waals surface area contributed by atoms with Crippen molar-refractivity contribution >= 4 is 11.8 Å². The van der Waals surface area contributed by atoms with Crippen LogP contribution in [0.5, 0.6) is 0 Å². The molecule has 0 unspecified atom stereocenters. The summed E-state index contributed by atoms with van der Waals surface area (Å²) in [4.78, 5) is 24.2. The molecule has 0 spiro atoms. The SMILES string of the molecule is CCCC(=O)O[C@@H]1CC[C@@]2(C)[C@@H](CC[C@@H]3[C@H]2CC[C@]2(C)C(C(C)=O)=CC[C@H]32)C1. The molecule has 0 saturated heterocycles. The maximum atomic E-state index is 12.2. The van der Waals surface area contributed by atoms with Gasteiger partial charge in [0, 0.05) is 6.42 Å². The third-order valence-electron chi connectivity index (χ3n) is 9.33. The van der Waals surface area contributed by atoms with Crippen molar-refractivity contribution in [2.45, 2.75) is 98.0 Å². The highest BCUT2D eigenvalue weighted by molar-refractivity contribution is 5.95. The maximum Gasteiger partial charge on any atom is 0.306 e. The summed E-state index contributed by atoms with van der Waals surface area (Å²) < 4.78 is 5.80. The Morgan fingerprint density at radius 3 is 2.61 bits per heavy atom. The molecule has 3 saturated carbocycles. The molecule has 0 N–H and O–H groups in total. The van der Waals surface area contributed by atoms with Crippen molar-refractivity contribution in [3.05, 3.63) is 11.6 Å². The van der Waals surface area contributed by atoms with E-state index in [1.165, 1.54) is 32.1 Å². The average Bonchev–Trinajstić information content (AvgIpc) is 2.99. The second kappa shape index (κ2) is 7.29. The number of esters is 1. The minimum Gasteiger partial charge on any atom is -0.462 e. The number of ether oxygens (including phenoxy) is 1. The highest BCUT2D eigenvalue weighted by Gasteiger charge is 2.59. The van der Waals surface area contributed by atoms with Crippen LogP contribution in [0.3, 0.4) is 0 Å². The van der Waals surface area contributed by atoms with E-state index < -0.39 is 0 Å². The number of carbonyl (C=O) groups is 2. The molecule has 3 heteroatoms. The van der Waals surface area contributed by atoms with Gasteiger partial charge in [-0.25, -0.2) is 0 Å². The van der Waals surface area contributed by atoms with Crippen LogP contribution < -0.4 is 0 Å². The van der Waals surface area contributed by atoms with Crippen LogP contribution in [0.2, 0.25) is 0 Å². The van der Waals surface area contributed by atoms with Crippen LogP contribution in [-0.2, 0) is 14.3 Å². The Morgan fingerprint density at radius 1 is 1.11 bits per heavy atom. The molecule has 0 aromatic rings. The van der Waals surface area contributed by atoms with Gasteiger partial charge in [-0.3, -0.25) is 9.59 Å². The third-order valence-corrected chi connectivity index (χ3v) is 9.33. The molecule has 0 heterocycles. The predicted molar refractivity (Wildman–Crippen MR) is 111 cm³/mol. The summed E-state index contributed by atoms with van der Waals surface area (Å²) in [6.07, 6.45) is 13.2. The maximum absolute atomic E-state index is 12.2. The molecule has 4 rings (SSSR count). The molecule has 3 nitrogen and oxygen atoms in total. The first-order valence-corrected chi connectivity index (χ1v) is 11.7. The van der Waals surface area contributed by atoms with Crippen LogP contribution in [0.25, 0.3) is 0 Å². The molecule has 0 bridgehead atoms. The Labute approximate surface area is 170 Å². The van der Waals surface area contributed by atoms with Crippen molar-refractivity contribution in [3.63, 3.8) is 0 Å². The number of carbonyl (C=O) groups excluding carboxylic acids is 2. The second-order valence-electron chi connectivity index (χ2n) is 10.7. The first-order chi connectivity index (χ1) is 13.3. The fourth-order valence-electron chi connectivity index (χ4n) is 7.89. The summed E-state index contributed by atoms with van der Waals surface area (Å²) in [7, 11) is 0. The Hall–Kier alpha value is -1.12. The number of fused-ring (bicyclic) bond motifs is 5. The van der Waals surface area contributed by atoms with Crippen molar-refractivity contribution in [2.75, 3.05) is 0 Å². The number of Topliss-reactive ketones (excluding diaryl/α,β-unsaturated/α-hetero) is 1. The topological polar surface area (TPSA) is 43.4 Å². The van der Waals surface area contributed by atoms with Gasteiger partial charge in [0.25, 0.3) is 0 Å². The molecular formula is C25H38O3. The summed E-state index contributed by atoms with van der Waals surface area (Å²) in [5.41, 5.74) is 1.62. The first kappa shape index (κ1) is 20.2. The fourth-order valence-corrected chi connectivity index (χ4v) is 7.89. The standard InChI is InChI=1S/C25H38O3/c1-5-6-23(27)28-18-11-13-24(3)17(15-18)7-8-19-21-10-9-20(16(2)26)25(21,4)14-12-22(19)24/h9,17-19,21-22H,5-8,10-15H2,1-4H3/t17-,18+,19-,21+,22+,24-,25+/m0/s1. The zero-order valence-corrected chi connectivity index (χ0v) is 18.3. The van der Waals surface area contributed by atoms with Crippen LogP contribution in [0.15, 0.2) is 11.6 Å². The highest BCUT2D eigenvalue weighted by Crippen LogP contribution is 2.66. The van der Waals surface area contributed by atoms with Crippen molar-refractivity contribution < 1.29 is 14.3 Å². The van der Waals surface area contributed by atoms with Crippen LogP contribution in [0.4, 0.5) is 0 Å². The van der Waals surface area contributed by atoms with Gasteiger partial charge in [-0.05, 0) is 105 Å². The van der Waals surface area contributed by atoms with E-state index >= 15 is 0 Å². The van der Waals surface area contributed by atoms with E-state index in [-0.39, 0.29) is 23.3 Å². The van der Waals surface area contributed by atoms with Gasteiger partial charge in [-0.1, -0.05) is 26.8 Å².